The van der Waals surface area contributed by atoms with Crippen molar-refractivity contribution < 1.29 is 9.47 Å². The minimum Gasteiger partial charge on any atom is -0.383 e. The predicted octanol–water partition coefficient (Wildman–Crippen LogP) is 1.98. The van der Waals surface area contributed by atoms with E-state index in [1.54, 1.807) is 14.2 Å². The zero-order valence-electron chi connectivity index (χ0n) is 13.7. The zero-order chi connectivity index (χ0) is 14.9. The van der Waals surface area contributed by atoms with Gasteiger partial charge in [-0.25, -0.2) is 0 Å². The van der Waals surface area contributed by atoms with Gasteiger partial charge in [0.05, 0.1) is 13.2 Å². The van der Waals surface area contributed by atoms with Crippen LogP contribution in [0.4, 0.5) is 0 Å². The summed E-state index contributed by atoms with van der Waals surface area (Å²) in [5.74, 6) is 0.524. The van der Waals surface area contributed by atoms with E-state index in [9.17, 15) is 0 Å². The second-order valence-corrected chi connectivity index (χ2v) is 6.66. The van der Waals surface area contributed by atoms with Crippen LogP contribution in [0.25, 0.3) is 0 Å². The lowest BCUT2D eigenvalue weighted by atomic mass is 9.84. The summed E-state index contributed by atoms with van der Waals surface area (Å²) < 4.78 is 10.5. The van der Waals surface area contributed by atoms with Crippen LogP contribution >= 0.6 is 0 Å². The molecule has 0 saturated carbocycles. The number of methoxy groups -OCH3 is 2. The first-order valence-corrected chi connectivity index (χ1v) is 7.26. The molecule has 0 aliphatic carbocycles. The highest BCUT2D eigenvalue weighted by molar-refractivity contribution is 4.76. The van der Waals surface area contributed by atoms with Crippen molar-refractivity contribution in [3.63, 3.8) is 0 Å². The summed E-state index contributed by atoms with van der Waals surface area (Å²) in [5.41, 5.74) is 6.26. The Balaban J connectivity index is 4.48. The highest BCUT2D eigenvalue weighted by atomic mass is 16.5. The molecule has 0 radical (unpaired) electrons. The minimum atomic E-state index is 0.321. The Morgan fingerprint density at radius 2 is 1.79 bits per heavy atom. The molecule has 0 rings (SSSR count). The van der Waals surface area contributed by atoms with Gasteiger partial charge in [-0.05, 0) is 31.2 Å². The van der Waals surface area contributed by atoms with Crippen LogP contribution in [0.3, 0.4) is 0 Å². The van der Waals surface area contributed by atoms with Crippen LogP contribution in [0.15, 0.2) is 0 Å². The molecular weight excluding hydrogens is 240 g/mol. The Morgan fingerprint density at radius 3 is 2.21 bits per heavy atom. The van der Waals surface area contributed by atoms with Gasteiger partial charge in [-0.15, -0.1) is 0 Å². The summed E-state index contributed by atoms with van der Waals surface area (Å²) in [7, 11) is 3.50. The molecule has 2 atom stereocenters. The van der Waals surface area contributed by atoms with Crippen molar-refractivity contribution in [2.24, 2.45) is 17.1 Å². The van der Waals surface area contributed by atoms with Gasteiger partial charge < -0.3 is 15.2 Å². The number of nitrogens with two attached hydrogens (primary N) is 1. The molecule has 2 unspecified atom stereocenters. The Hall–Kier alpha value is -0.160. The van der Waals surface area contributed by atoms with Gasteiger partial charge in [-0.2, -0.15) is 0 Å². The van der Waals surface area contributed by atoms with Crippen LogP contribution in [0, 0.1) is 11.3 Å². The molecule has 2 N–H and O–H groups in total. The normalized spacial score (nSPS) is 15.8. The lowest BCUT2D eigenvalue weighted by molar-refractivity contribution is 0.0607. The van der Waals surface area contributed by atoms with Gasteiger partial charge in [-0.3, -0.25) is 4.90 Å². The smallest absolute Gasteiger partial charge is 0.0615 e. The number of ether oxygens (including phenoxy) is 2. The van der Waals surface area contributed by atoms with Crippen LogP contribution in [0.1, 0.15) is 34.1 Å². The Bertz CT molecular complexity index is 217. The summed E-state index contributed by atoms with van der Waals surface area (Å²) in [5, 5.41) is 0. The monoisotopic (exact) mass is 274 g/mol. The maximum absolute atomic E-state index is 5.94. The van der Waals surface area contributed by atoms with Gasteiger partial charge in [0.2, 0.25) is 0 Å². The fraction of sp³-hybridized carbons (Fsp3) is 1.00. The summed E-state index contributed by atoms with van der Waals surface area (Å²) in [6.45, 7) is 13.2. The molecule has 0 aliphatic heterocycles. The second-order valence-electron chi connectivity index (χ2n) is 6.66. The third kappa shape index (κ3) is 9.38. The Labute approximate surface area is 119 Å². The third-order valence-electron chi connectivity index (χ3n) is 3.34. The van der Waals surface area contributed by atoms with Crippen LogP contribution in [-0.2, 0) is 9.47 Å². The molecule has 0 bridgehead atoms. The average molecular weight is 274 g/mol. The van der Waals surface area contributed by atoms with E-state index in [0.29, 0.717) is 17.4 Å². The summed E-state index contributed by atoms with van der Waals surface area (Å²) in [4.78, 5) is 2.43. The molecule has 0 spiro atoms. The fourth-order valence-corrected chi connectivity index (χ4v) is 2.47. The van der Waals surface area contributed by atoms with E-state index in [2.05, 4.69) is 32.6 Å². The standard InChI is InChI=1S/C15H34N2O2/c1-13(12-19-6)17(7-8-18-5)11-14(10-16)9-15(2,3)4/h13-14H,7-12,16H2,1-6H3. The first kappa shape index (κ1) is 18.8. The van der Waals surface area contributed by atoms with Crippen molar-refractivity contribution in [1.82, 2.24) is 4.90 Å². The van der Waals surface area contributed by atoms with Crippen molar-refractivity contribution in [3.8, 4) is 0 Å². The molecule has 19 heavy (non-hydrogen) atoms. The van der Waals surface area contributed by atoms with Gasteiger partial charge in [0.15, 0.2) is 0 Å². The lowest BCUT2D eigenvalue weighted by Gasteiger charge is -2.34. The topological polar surface area (TPSA) is 47.7 Å². The van der Waals surface area contributed by atoms with Gasteiger partial charge in [0.1, 0.15) is 0 Å². The van der Waals surface area contributed by atoms with Crippen molar-refractivity contribution in [3.05, 3.63) is 0 Å². The zero-order valence-corrected chi connectivity index (χ0v) is 13.7. The molecule has 4 heteroatoms. The molecule has 0 aromatic carbocycles. The number of hydrogen-bond acceptors (Lipinski definition) is 4. The maximum atomic E-state index is 5.94. The van der Waals surface area contributed by atoms with Gasteiger partial charge >= 0.3 is 0 Å². The van der Waals surface area contributed by atoms with E-state index in [4.69, 9.17) is 15.2 Å². The van der Waals surface area contributed by atoms with Crippen molar-refractivity contribution in [2.45, 2.75) is 40.2 Å². The van der Waals surface area contributed by atoms with E-state index in [1.165, 1.54) is 0 Å². The minimum absolute atomic E-state index is 0.321. The number of nitrogens with zero attached hydrogens (tertiary/aromatic N) is 1. The van der Waals surface area contributed by atoms with Crippen LogP contribution in [0.2, 0.25) is 0 Å². The molecule has 0 aromatic rings. The van der Waals surface area contributed by atoms with Gasteiger partial charge in [-0.1, -0.05) is 20.8 Å². The number of hydrogen-bond donors (Lipinski definition) is 1. The Kier molecular flexibility index (Phi) is 9.62. The predicted molar refractivity (Wildman–Crippen MR) is 81.4 cm³/mol. The van der Waals surface area contributed by atoms with Crippen LogP contribution < -0.4 is 5.73 Å². The van der Waals surface area contributed by atoms with E-state index in [0.717, 1.165) is 39.3 Å². The average Bonchev–Trinajstić information content (AvgIpc) is 2.31. The summed E-state index contributed by atoms with van der Waals surface area (Å²) in [6, 6.07) is 0.397. The van der Waals surface area contributed by atoms with Crippen LogP contribution in [-0.4, -0.2) is 58.0 Å². The summed E-state index contributed by atoms with van der Waals surface area (Å²) in [6.07, 6.45) is 1.15. The van der Waals surface area contributed by atoms with E-state index < -0.39 is 0 Å². The van der Waals surface area contributed by atoms with Crippen LogP contribution in [0.5, 0.6) is 0 Å². The summed E-state index contributed by atoms with van der Waals surface area (Å²) >= 11 is 0. The molecule has 0 heterocycles. The largest absolute Gasteiger partial charge is 0.383 e. The maximum Gasteiger partial charge on any atom is 0.0615 e. The Morgan fingerprint density at radius 1 is 1.16 bits per heavy atom. The number of rotatable bonds is 10. The molecule has 0 saturated heterocycles. The third-order valence-corrected chi connectivity index (χ3v) is 3.34. The van der Waals surface area contributed by atoms with Crippen molar-refractivity contribution >= 4 is 0 Å². The van der Waals surface area contributed by atoms with E-state index in [-0.39, 0.29) is 0 Å². The molecule has 0 aromatic heterocycles. The molecule has 0 fully saturated rings. The van der Waals surface area contributed by atoms with Crippen molar-refractivity contribution in [2.75, 3.05) is 47.1 Å². The van der Waals surface area contributed by atoms with Gasteiger partial charge in [0.25, 0.3) is 0 Å². The second kappa shape index (κ2) is 9.70. The fourth-order valence-electron chi connectivity index (χ4n) is 2.47. The highest BCUT2D eigenvalue weighted by Gasteiger charge is 2.22. The van der Waals surface area contributed by atoms with Crippen molar-refractivity contribution in [1.29, 1.82) is 0 Å². The molecule has 0 amide bonds. The van der Waals surface area contributed by atoms with E-state index in [1.807, 2.05) is 0 Å². The molecule has 4 nitrogen and oxygen atoms in total. The quantitative estimate of drug-likeness (QED) is 0.662. The lowest BCUT2D eigenvalue weighted by Crippen LogP contribution is -2.43. The SMILES string of the molecule is COCCN(CC(CN)CC(C)(C)C)C(C)COC. The molecular formula is C15H34N2O2. The van der Waals surface area contributed by atoms with E-state index >= 15 is 0 Å². The molecule has 0 aliphatic rings. The first-order valence-electron chi connectivity index (χ1n) is 7.26. The highest BCUT2D eigenvalue weighted by Crippen LogP contribution is 2.24. The van der Waals surface area contributed by atoms with Gasteiger partial charge in [0, 0.05) is 33.4 Å². The molecule has 116 valence electrons. The first-order chi connectivity index (χ1) is 8.84.